The Morgan fingerprint density at radius 2 is 1.61 bits per heavy atom. The molecule has 0 aromatic heterocycles. The van der Waals surface area contributed by atoms with Crippen molar-refractivity contribution in [3.05, 3.63) is 54.1 Å². The van der Waals surface area contributed by atoms with Crippen molar-refractivity contribution in [2.75, 3.05) is 0 Å². The number of imide groups is 1. The van der Waals surface area contributed by atoms with Crippen molar-refractivity contribution in [2.45, 2.75) is 13.0 Å². The van der Waals surface area contributed by atoms with Crippen LogP contribution in [0, 0.1) is 11.3 Å². The summed E-state index contributed by atoms with van der Waals surface area (Å²) in [4.78, 5) is 22.2. The van der Waals surface area contributed by atoms with Crippen molar-refractivity contribution >= 4 is 11.9 Å². The number of primary amides is 1. The molecule has 0 fully saturated rings. The molecule has 23 heavy (non-hydrogen) atoms. The lowest BCUT2D eigenvalue weighted by molar-refractivity contribution is -0.126. The number of nitrogens with one attached hydrogen (secondary N) is 1. The maximum atomic E-state index is 11.5. The lowest BCUT2D eigenvalue weighted by atomic mass is 10.0. The summed E-state index contributed by atoms with van der Waals surface area (Å²) in [6, 6.07) is 15.5. The van der Waals surface area contributed by atoms with Crippen LogP contribution in [0.3, 0.4) is 0 Å². The summed E-state index contributed by atoms with van der Waals surface area (Å²) < 4.78 is 5.44. The Hall–Kier alpha value is -3.33. The van der Waals surface area contributed by atoms with E-state index in [4.69, 9.17) is 15.7 Å². The average Bonchev–Trinajstić information content (AvgIpc) is 2.55. The molecule has 0 bridgehead atoms. The number of carbonyl (C=O) groups excluding carboxylic acids is 2. The molecule has 2 rings (SSSR count). The van der Waals surface area contributed by atoms with Crippen molar-refractivity contribution in [1.82, 2.24) is 5.32 Å². The SMILES string of the molecule is C[C@@H](Oc1ccc(-c2ccc(C#N)cc2)cc1)C(=O)NC(N)=O. The van der Waals surface area contributed by atoms with Crippen LogP contribution in [0.1, 0.15) is 12.5 Å². The number of nitrogens with zero attached hydrogens (tertiary/aromatic N) is 1. The molecule has 2 aromatic carbocycles. The molecule has 6 heteroatoms. The third-order valence-electron chi connectivity index (χ3n) is 3.13. The Bertz CT molecular complexity index is 746. The van der Waals surface area contributed by atoms with Crippen LogP contribution in [0.2, 0.25) is 0 Å². The van der Waals surface area contributed by atoms with Crippen LogP contribution in [-0.2, 0) is 4.79 Å². The Labute approximate surface area is 133 Å². The molecular formula is C17H15N3O3. The molecule has 3 amide bonds. The first kappa shape index (κ1) is 16.0. The molecule has 0 spiro atoms. The predicted octanol–water partition coefficient (Wildman–Crippen LogP) is 2.19. The van der Waals surface area contributed by atoms with Crippen LogP contribution in [0.25, 0.3) is 11.1 Å². The minimum Gasteiger partial charge on any atom is -0.481 e. The summed E-state index contributed by atoms with van der Waals surface area (Å²) in [5.41, 5.74) is 7.41. The number of rotatable bonds is 4. The molecule has 0 aliphatic heterocycles. The fourth-order valence-electron chi connectivity index (χ4n) is 1.94. The fraction of sp³-hybridized carbons (Fsp3) is 0.118. The molecule has 0 aliphatic rings. The van der Waals surface area contributed by atoms with Crippen LogP contribution in [0.5, 0.6) is 5.75 Å². The number of nitrogens with two attached hydrogens (primary N) is 1. The van der Waals surface area contributed by atoms with Gasteiger partial charge in [-0.3, -0.25) is 10.1 Å². The predicted molar refractivity (Wildman–Crippen MR) is 84.4 cm³/mol. The lowest BCUT2D eigenvalue weighted by Gasteiger charge is -2.13. The first-order valence-electron chi connectivity index (χ1n) is 6.87. The number of nitriles is 1. The summed E-state index contributed by atoms with van der Waals surface area (Å²) in [5, 5.41) is 10.8. The zero-order valence-corrected chi connectivity index (χ0v) is 12.4. The number of hydrogen-bond donors (Lipinski definition) is 2. The Balaban J connectivity index is 2.05. The van der Waals surface area contributed by atoms with E-state index < -0.39 is 18.0 Å². The third kappa shape index (κ3) is 4.32. The number of benzene rings is 2. The number of carbonyl (C=O) groups is 2. The van der Waals surface area contributed by atoms with Gasteiger partial charge in [0, 0.05) is 0 Å². The second-order valence-electron chi connectivity index (χ2n) is 4.83. The molecule has 116 valence electrons. The Morgan fingerprint density at radius 1 is 1.09 bits per heavy atom. The number of urea groups is 1. The van der Waals surface area contributed by atoms with Crippen LogP contribution in [0.4, 0.5) is 4.79 Å². The van der Waals surface area contributed by atoms with Gasteiger partial charge in [0.05, 0.1) is 11.6 Å². The van der Waals surface area contributed by atoms with Crippen molar-refractivity contribution in [3.8, 4) is 22.9 Å². The molecule has 0 saturated carbocycles. The van der Waals surface area contributed by atoms with Gasteiger partial charge in [-0.2, -0.15) is 5.26 Å². The highest BCUT2D eigenvalue weighted by atomic mass is 16.5. The monoisotopic (exact) mass is 309 g/mol. The van der Waals surface area contributed by atoms with Crippen molar-refractivity contribution in [3.63, 3.8) is 0 Å². The zero-order valence-electron chi connectivity index (χ0n) is 12.4. The summed E-state index contributed by atoms with van der Waals surface area (Å²) in [6.07, 6.45) is -0.844. The zero-order chi connectivity index (χ0) is 16.8. The first-order chi connectivity index (χ1) is 11.0. The highest BCUT2D eigenvalue weighted by molar-refractivity contribution is 5.95. The average molecular weight is 309 g/mol. The van der Waals surface area contributed by atoms with E-state index in [9.17, 15) is 9.59 Å². The topological polar surface area (TPSA) is 105 Å². The lowest BCUT2D eigenvalue weighted by Crippen LogP contribution is -2.42. The summed E-state index contributed by atoms with van der Waals surface area (Å²) in [6.45, 7) is 1.52. The molecule has 1 atom stereocenters. The first-order valence-corrected chi connectivity index (χ1v) is 6.87. The van der Waals surface area contributed by atoms with Gasteiger partial charge in [0.1, 0.15) is 5.75 Å². The van der Waals surface area contributed by atoms with E-state index in [1.54, 1.807) is 24.3 Å². The molecule has 0 heterocycles. The summed E-state index contributed by atoms with van der Waals surface area (Å²) in [7, 11) is 0. The van der Waals surface area contributed by atoms with Gasteiger partial charge in [0.15, 0.2) is 6.10 Å². The number of amides is 3. The molecule has 0 radical (unpaired) electrons. The van der Waals surface area contributed by atoms with E-state index in [0.29, 0.717) is 11.3 Å². The maximum Gasteiger partial charge on any atom is 0.318 e. The van der Waals surface area contributed by atoms with Crippen LogP contribution < -0.4 is 15.8 Å². The second kappa shape index (κ2) is 7.09. The maximum absolute atomic E-state index is 11.5. The van der Waals surface area contributed by atoms with Crippen LogP contribution in [-0.4, -0.2) is 18.0 Å². The van der Waals surface area contributed by atoms with Gasteiger partial charge >= 0.3 is 6.03 Å². The molecule has 0 saturated heterocycles. The van der Waals surface area contributed by atoms with Crippen molar-refractivity contribution in [1.29, 1.82) is 5.26 Å². The quantitative estimate of drug-likeness (QED) is 0.903. The summed E-state index contributed by atoms with van der Waals surface area (Å²) >= 11 is 0. The molecule has 3 N–H and O–H groups in total. The van der Waals surface area contributed by atoms with E-state index in [1.807, 2.05) is 29.6 Å². The smallest absolute Gasteiger partial charge is 0.318 e. The number of ether oxygens (including phenoxy) is 1. The van der Waals surface area contributed by atoms with E-state index >= 15 is 0 Å². The minimum absolute atomic E-state index is 0.495. The van der Waals surface area contributed by atoms with Gasteiger partial charge in [-0.1, -0.05) is 24.3 Å². The van der Waals surface area contributed by atoms with Crippen LogP contribution in [0.15, 0.2) is 48.5 Å². The highest BCUT2D eigenvalue weighted by Gasteiger charge is 2.16. The van der Waals surface area contributed by atoms with E-state index in [0.717, 1.165) is 11.1 Å². The van der Waals surface area contributed by atoms with Gasteiger partial charge in [-0.25, -0.2) is 4.79 Å². The summed E-state index contributed by atoms with van der Waals surface area (Å²) in [5.74, 6) is -0.108. The van der Waals surface area contributed by atoms with Gasteiger partial charge < -0.3 is 10.5 Å². The van der Waals surface area contributed by atoms with Gasteiger partial charge in [-0.15, -0.1) is 0 Å². The normalized spacial score (nSPS) is 11.1. The third-order valence-corrected chi connectivity index (χ3v) is 3.13. The van der Waals surface area contributed by atoms with Gasteiger partial charge in [-0.05, 0) is 42.3 Å². The minimum atomic E-state index is -0.915. The van der Waals surface area contributed by atoms with E-state index in [1.165, 1.54) is 6.92 Å². The molecule has 0 unspecified atom stereocenters. The number of hydrogen-bond acceptors (Lipinski definition) is 4. The Morgan fingerprint density at radius 3 is 2.09 bits per heavy atom. The van der Waals surface area contributed by atoms with Gasteiger partial charge in [0.25, 0.3) is 5.91 Å². The highest BCUT2D eigenvalue weighted by Crippen LogP contribution is 2.23. The van der Waals surface area contributed by atoms with Crippen molar-refractivity contribution in [2.24, 2.45) is 5.73 Å². The van der Waals surface area contributed by atoms with E-state index in [2.05, 4.69) is 6.07 Å². The second-order valence-corrected chi connectivity index (χ2v) is 4.83. The molecule has 0 aliphatic carbocycles. The fourth-order valence-corrected chi connectivity index (χ4v) is 1.94. The Kier molecular flexibility index (Phi) is 4.95. The largest absolute Gasteiger partial charge is 0.481 e. The molecular weight excluding hydrogens is 294 g/mol. The van der Waals surface area contributed by atoms with E-state index in [-0.39, 0.29) is 0 Å². The van der Waals surface area contributed by atoms with Crippen molar-refractivity contribution < 1.29 is 14.3 Å². The van der Waals surface area contributed by atoms with Crippen LogP contribution >= 0.6 is 0 Å². The molecule has 6 nitrogen and oxygen atoms in total. The van der Waals surface area contributed by atoms with Gasteiger partial charge in [0.2, 0.25) is 0 Å². The molecule has 2 aromatic rings. The standard InChI is InChI=1S/C17H15N3O3/c1-11(16(21)20-17(19)22)23-15-8-6-14(7-9-15)13-4-2-12(10-18)3-5-13/h2-9,11H,1H3,(H3,19,20,21,22)/t11-/m1/s1.